The van der Waals surface area contributed by atoms with Crippen molar-refractivity contribution in [1.29, 1.82) is 0 Å². The molecule has 0 unspecified atom stereocenters. The summed E-state index contributed by atoms with van der Waals surface area (Å²) >= 11 is 0. The Labute approximate surface area is 190 Å². The Morgan fingerprint density at radius 2 is 1.88 bits per heavy atom. The summed E-state index contributed by atoms with van der Waals surface area (Å²) < 4.78 is 33.5. The molecule has 0 aromatic heterocycles. The van der Waals surface area contributed by atoms with Gasteiger partial charge in [-0.2, -0.15) is 0 Å². The van der Waals surface area contributed by atoms with Crippen molar-refractivity contribution in [2.24, 2.45) is 0 Å². The molecular weight excluding hydrogens is 446 g/mol. The molecule has 9 nitrogen and oxygen atoms in total. The van der Waals surface area contributed by atoms with Gasteiger partial charge in [-0.3, -0.25) is 19.2 Å². The Balaban J connectivity index is 1.66. The van der Waals surface area contributed by atoms with E-state index in [0.29, 0.717) is 12.1 Å². The summed E-state index contributed by atoms with van der Waals surface area (Å²) in [5.41, 5.74) is 1.54. The fourth-order valence-electron chi connectivity index (χ4n) is 3.92. The Hall–Kier alpha value is -3.92. The molecule has 1 aliphatic rings. The number of sulfonamides is 1. The fourth-order valence-corrected chi connectivity index (χ4v) is 5.66. The summed E-state index contributed by atoms with van der Waals surface area (Å²) in [6, 6.07) is 16.6. The van der Waals surface area contributed by atoms with E-state index in [1.165, 1.54) is 53.9 Å². The highest BCUT2D eigenvalue weighted by Crippen LogP contribution is 2.36. The highest BCUT2D eigenvalue weighted by molar-refractivity contribution is 7.92. The summed E-state index contributed by atoms with van der Waals surface area (Å²) in [7, 11) is -2.55. The zero-order valence-electron chi connectivity index (χ0n) is 17.9. The summed E-state index contributed by atoms with van der Waals surface area (Å²) in [6.45, 7) is 1.84. The molecular formula is C23H21N3O6S. The highest BCUT2D eigenvalue weighted by atomic mass is 32.2. The molecule has 0 spiro atoms. The van der Waals surface area contributed by atoms with Crippen LogP contribution in [0.25, 0.3) is 0 Å². The number of fused-ring (bicyclic) bond motifs is 1. The predicted octanol–water partition coefficient (Wildman–Crippen LogP) is 4.00. The lowest BCUT2D eigenvalue weighted by Gasteiger charge is -2.24. The van der Waals surface area contributed by atoms with Crippen LogP contribution >= 0.6 is 0 Å². The zero-order valence-corrected chi connectivity index (χ0v) is 18.7. The number of non-ortho nitro benzene ring substituents is 1. The quantitative estimate of drug-likeness (QED) is 0.432. The first-order chi connectivity index (χ1) is 15.7. The number of nitro benzene ring substituents is 1. The maximum atomic E-state index is 13.5. The molecule has 3 aromatic rings. The van der Waals surface area contributed by atoms with Gasteiger partial charge >= 0.3 is 0 Å². The van der Waals surface area contributed by atoms with Crippen LogP contribution < -0.4 is 14.4 Å². The van der Waals surface area contributed by atoms with Crippen LogP contribution in [0.4, 0.5) is 17.1 Å². The second-order valence-electron chi connectivity index (χ2n) is 7.61. The lowest BCUT2D eigenvalue weighted by molar-refractivity contribution is -0.384. The molecule has 1 aliphatic heterocycles. The van der Waals surface area contributed by atoms with E-state index in [9.17, 15) is 23.3 Å². The number of rotatable bonds is 6. The second kappa shape index (κ2) is 8.55. The molecule has 1 heterocycles. The first kappa shape index (κ1) is 22.3. The van der Waals surface area contributed by atoms with E-state index < -0.39 is 20.9 Å². The number of ether oxygens (including phenoxy) is 1. The maximum Gasteiger partial charge on any atom is 0.271 e. The van der Waals surface area contributed by atoms with Crippen LogP contribution in [0.3, 0.4) is 0 Å². The van der Waals surface area contributed by atoms with Gasteiger partial charge in [0.15, 0.2) is 0 Å². The monoisotopic (exact) mass is 467 g/mol. The number of anilines is 2. The highest BCUT2D eigenvalue weighted by Gasteiger charge is 2.36. The van der Waals surface area contributed by atoms with E-state index in [2.05, 4.69) is 5.32 Å². The van der Waals surface area contributed by atoms with E-state index in [0.717, 1.165) is 5.56 Å². The van der Waals surface area contributed by atoms with Gasteiger partial charge in [-0.1, -0.05) is 24.3 Å². The van der Waals surface area contributed by atoms with E-state index >= 15 is 0 Å². The first-order valence-corrected chi connectivity index (χ1v) is 11.5. The van der Waals surface area contributed by atoms with E-state index in [4.69, 9.17) is 4.74 Å². The summed E-state index contributed by atoms with van der Waals surface area (Å²) in [5, 5.41) is 13.7. The average molecular weight is 468 g/mol. The molecule has 1 amide bonds. The number of nitrogens with zero attached hydrogens (tertiary/aromatic N) is 2. The van der Waals surface area contributed by atoms with Crippen molar-refractivity contribution < 1.29 is 22.9 Å². The zero-order chi connectivity index (χ0) is 23.8. The summed E-state index contributed by atoms with van der Waals surface area (Å²) in [5.74, 6) is -0.388. The number of benzene rings is 3. The Kier molecular flexibility index (Phi) is 5.77. The van der Waals surface area contributed by atoms with Gasteiger partial charge in [-0.25, -0.2) is 8.42 Å². The smallest absolute Gasteiger partial charge is 0.271 e. The number of nitrogens with one attached hydrogen (secondary N) is 1. The maximum absolute atomic E-state index is 13.5. The number of hydrogen-bond acceptors (Lipinski definition) is 6. The van der Waals surface area contributed by atoms with Crippen LogP contribution in [0.15, 0.2) is 71.6 Å². The Morgan fingerprint density at radius 3 is 2.61 bits per heavy atom. The lowest BCUT2D eigenvalue weighted by Crippen LogP contribution is -2.35. The Bertz CT molecular complexity index is 1360. The second-order valence-corrected chi connectivity index (χ2v) is 9.42. The number of hydrogen-bond donors (Lipinski definition) is 1. The third-order valence-electron chi connectivity index (χ3n) is 5.44. The molecule has 4 rings (SSSR count). The van der Waals surface area contributed by atoms with Gasteiger partial charge in [-0.05, 0) is 49.2 Å². The van der Waals surface area contributed by atoms with Crippen molar-refractivity contribution in [3.8, 4) is 5.75 Å². The number of carbonyl (C=O) groups excluding carboxylic acids is 1. The molecule has 0 bridgehead atoms. The van der Waals surface area contributed by atoms with E-state index in [1.807, 2.05) is 19.1 Å². The molecule has 1 atom stereocenters. The Morgan fingerprint density at radius 1 is 1.12 bits per heavy atom. The van der Waals surface area contributed by atoms with Crippen molar-refractivity contribution in [2.75, 3.05) is 16.7 Å². The number of carbonyl (C=O) groups is 1. The molecule has 10 heteroatoms. The van der Waals surface area contributed by atoms with Crippen LogP contribution in [0.5, 0.6) is 5.75 Å². The van der Waals surface area contributed by atoms with Gasteiger partial charge in [0.05, 0.1) is 28.3 Å². The van der Waals surface area contributed by atoms with E-state index in [-0.39, 0.29) is 33.6 Å². The van der Waals surface area contributed by atoms with Crippen LogP contribution in [-0.4, -0.2) is 32.4 Å². The standard InChI is InChI=1S/C23H21N3O6S/c1-15-12-16-6-3-4-9-21(16)25(15)33(30,31)19-8-5-7-17(13-19)23(27)24-20-14-18(26(28)29)10-11-22(20)32-2/h3-11,13-15H,12H2,1-2H3,(H,24,27)/t15-/m1/s1. The van der Waals surface area contributed by atoms with Crippen molar-refractivity contribution in [2.45, 2.75) is 24.3 Å². The van der Waals surface area contributed by atoms with Crippen molar-refractivity contribution in [3.05, 3.63) is 88.0 Å². The lowest BCUT2D eigenvalue weighted by atomic mass is 10.1. The molecule has 0 fully saturated rings. The molecule has 170 valence electrons. The number of amides is 1. The number of methoxy groups -OCH3 is 1. The van der Waals surface area contributed by atoms with Gasteiger partial charge in [0.1, 0.15) is 5.75 Å². The molecule has 0 aliphatic carbocycles. The predicted molar refractivity (Wildman–Crippen MR) is 123 cm³/mol. The summed E-state index contributed by atoms with van der Waals surface area (Å²) in [6.07, 6.45) is 0.599. The number of para-hydroxylation sites is 1. The SMILES string of the molecule is COc1ccc([N+](=O)[O-])cc1NC(=O)c1cccc(S(=O)(=O)N2c3ccccc3C[C@H]2C)c1. The summed E-state index contributed by atoms with van der Waals surface area (Å²) in [4.78, 5) is 23.4. The topological polar surface area (TPSA) is 119 Å². The molecule has 0 saturated carbocycles. The molecule has 0 saturated heterocycles. The first-order valence-electron chi connectivity index (χ1n) is 10.1. The molecule has 33 heavy (non-hydrogen) atoms. The van der Waals surface area contributed by atoms with Crippen LogP contribution in [-0.2, 0) is 16.4 Å². The van der Waals surface area contributed by atoms with Gasteiger partial charge in [0, 0.05) is 23.7 Å². The van der Waals surface area contributed by atoms with Crippen LogP contribution in [0.2, 0.25) is 0 Å². The van der Waals surface area contributed by atoms with Crippen LogP contribution in [0.1, 0.15) is 22.8 Å². The third-order valence-corrected chi connectivity index (χ3v) is 7.36. The van der Waals surface area contributed by atoms with Crippen molar-refractivity contribution >= 4 is 33.0 Å². The van der Waals surface area contributed by atoms with Gasteiger partial charge in [-0.15, -0.1) is 0 Å². The van der Waals surface area contributed by atoms with Gasteiger partial charge < -0.3 is 10.1 Å². The van der Waals surface area contributed by atoms with Crippen LogP contribution in [0, 0.1) is 10.1 Å². The fraction of sp³-hybridized carbons (Fsp3) is 0.174. The minimum absolute atomic E-state index is 0.0234. The third kappa shape index (κ3) is 4.12. The molecule has 0 radical (unpaired) electrons. The molecule has 1 N–H and O–H groups in total. The van der Waals surface area contributed by atoms with Gasteiger partial charge in [0.2, 0.25) is 0 Å². The molecule has 3 aromatic carbocycles. The van der Waals surface area contributed by atoms with Gasteiger partial charge in [0.25, 0.3) is 21.6 Å². The largest absolute Gasteiger partial charge is 0.495 e. The number of nitro groups is 1. The van der Waals surface area contributed by atoms with Crippen molar-refractivity contribution in [1.82, 2.24) is 0 Å². The average Bonchev–Trinajstić information content (AvgIpc) is 3.15. The normalized spacial score (nSPS) is 15.1. The van der Waals surface area contributed by atoms with E-state index in [1.54, 1.807) is 12.1 Å². The minimum Gasteiger partial charge on any atom is -0.495 e. The minimum atomic E-state index is -3.92. The van der Waals surface area contributed by atoms with Crippen molar-refractivity contribution in [3.63, 3.8) is 0 Å².